The van der Waals surface area contributed by atoms with Gasteiger partial charge in [0.2, 0.25) is 5.91 Å². The second-order valence-electron chi connectivity index (χ2n) is 5.27. The number of benzene rings is 2. The number of hydrogen-bond donors (Lipinski definition) is 1. The van der Waals surface area contributed by atoms with Crippen LogP contribution in [0.5, 0.6) is 5.75 Å². The van der Waals surface area contributed by atoms with Gasteiger partial charge in [0.25, 0.3) is 0 Å². The van der Waals surface area contributed by atoms with Crippen LogP contribution in [0.4, 0.5) is 0 Å². The van der Waals surface area contributed by atoms with Gasteiger partial charge < -0.3 is 10.1 Å². The Hall–Kier alpha value is -2.00. The summed E-state index contributed by atoms with van der Waals surface area (Å²) in [7, 11) is 1.60. The second-order valence-corrected chi connectivity index (χ2v) is 5.71. The van der Waals surface area contributed by atoms with Crippen molar-refractivity contribution < 1.29 is 9.53 Å². The monoisotopic (exact) mass is 317 g/mol. The van der Waals surface area contributed by atoms with Crippen molar-refractivity contribution in [3.63, 3.8) is 0 Å². The third kappa shape index (κ3) is 4.01. The van der Waals surface area contributed by atoms with Crippen molar-refractivity contribution in [3.05, 3.63) is 64.7 Å². The van der Waals surface area contributed by atoms with Gasteiger partial charge in [0.15, 0.2) is 0 Å². The molecular formula is C18H20ClNO2. The van der Waals surface area contributed by atoms with Gasteiger partial charge in [-0.05, 0) is 48.2 Å². The quantitative estimate of drug-likeness (QED) is 0.849. The first-order valence-corrected chi connectivity index (χ1v) is 7.57. The molecule has 0 saturated heterocycles. The molecule has 0 fully saturated rings. The highest BCUT2D eigenvalue weighted by atomic mass is 35.5. The molecule has 0 saturated carbocycles. The molecule has 0 aromatic heterocycles. The lowest BCUT2D eigenvalue weighted by Crippen LogP contribution is -2.26. The second kappa shape index (κ2) is 7.32. The van der Waals surface area contributed by atoms with E-state index < -0.39 is 5.38 Å². The van der Waals surface area contributed by atoms with Gasteiger partial charge in [-0.2, -0.15) is 0 Å². The maximum atomic E-state index is 12.1. The first-order valence-electron chi connectivity index (χ1n) is 7.13. The van der Waals surface area contributed by atoms with Gasteiger partial charge in [-0.15, -0.1) is 11.6 Å². The van der Waals surface area contributed by atoms with Gasteiger partial charge in [0.1, 0.15) is 11.1 Å². The summed E-state index contributed by atoms with van der Waals surface area (Å²) in [5.74, 6) is 0.535. The van der Waals surface area contributed by atoms with Crippen molar-refractivity contribution in [3.8, 4) is 5.75 Å². The zero-order chi connectivity index (χ0) is 16.1. The van der Waals surface area contributed by atoms with Crippen LogP contribution in [0, 0.1) is 13.8 Å². The molecule has 0 bridgehead atoms. The molecule has 0 aliphatic heterocycles. The molecule has 22 heavy (non-hydrogen) atoms. The number of rotatable bonds is 5. The SMILES string of the molecule is COc1ccc(C(Cl)C(=O)NCc2ccc(C)c(C)c2)cc1. The predicted molar refractivity (Wildman–Crippen MR) is 89.4 cm³/mol. The Kier molecular flexibility index (Phi) is 5.45. The molecule has 1 atom stereocenters. The van der Waals surface area contributed by atoms with Crippen molar-refractivity contribution in [2.45, 2.75) is 25.8 Å². The van der Waals surface area contributed by atoms with Crippen LogP contribution in [-0.4, -0.2) is 13.0 Å². The lowest BCUT2D eigenvalue weighted by molar-refractivity contribution is -0.121. The van der Waals surface area contributed by atoms with Crippen LogP contribution in [0.1, 0.15) is 27.6 Å². The van der Waals surface area contributed by atoms with E-state index in [-0.39, 0.29) is 5.91 Å². The molecule has 1 amide bonds. The maximum Gasteiger partial charge on any atom is 0.242 e. The Morgan fingerprint density at radius 3 is 2.41 bits per heavy atom. The van der Waals surface area contributed by atoms with Crippen LogP contribution in [0.25, 0.3) is 0 Å². The van der Waals surface area contributed by atoms with E-state index in [1.54, 1.807) is 31.4 Å². The summed E-state index contributed by atoms with van der Waals surface area (Å²) in [5.41, 5.74) is 4.27. The lowest BCUT2D eigenvalue weighted by Gasteiger charge is -2.12. The zero-order valence-electron chi connectivity index (χ0n) is 13.0. The van der Waals surface area contributed by atoms with E-state index in [9.17, 15) is 4.79 Å². The van der Waals surface area contributed by atoms with E-state index in [0.29, 0.717) is 6.54 Å². The first kappa shape index (κ1) is 16.4. The Balaban J connectivity index is 1.97. The Morgan fingerprint density at radius 2 is 1.82 bits per heavy atom. The molecule has 1 unspecified atom stereocenters. The van der Waals surface area contributed by atoms with E-state index in [1.807, 2.05) is 6.07 Å². The number of nitrogens with one attached hydrogen (secondary N) is 1. The summed E-state index contributed by atoms with van der Waals surface area (Å²) in [4.78, 5) is 12.1. The van der Waals surface area contributed by atoms with Crippen molar-refractivity contribution in [2.75, 3.05) is 7.11 Å². The third-order valence-electron chi connectivity index (χ3n) is 3.68. The molecule has 116 valence electrons. The predicted octanol–water partition coefficient (Wildman–Crippen LogP) is 3.91. The van der Waals surface area contributed by atoms with E-state index in [1.165, 1.54) is 11.1 Å². The van der Waals surface area contributed by atoms with Crippen LogP contribution >= 0.6 is 11.6 Å². The normalized spacial score (nSPS) is 11.8. The molecule has 0 aliphatic carbocycles. The van der Waals surface area contributed by atoms with Crippen LogP contribution in [0.3, 0.4) is 0 Å². The molecule has 3 nitrogen and oxygen atoms in total. The average molecular weight is 318 g/mol. The highest BCUT2D eigenvalue weighted by Crippen LogP contribution is 2.23. The summed E-state index contributed by atoms with van der Waals surface area (Å²) in [5, 5.41) is 2.16. The maximum absolute atomic E-state index is 12.1. The Labute approximate surface area is 136 Å². The first-order chi connectivity index (χ1) is 10.5. The minimum atomic E-state index is -0.711. The van der Waals surface area contributed by atoms with Crippen molar-refractivity contribution in [1.82, 2.24) is 5.32 Å². The number of ether oxygens (including phenoxy) is 1. The largest absolute Gasteiger partial charge is 0.497 e. The lowest BCUT2D eigenvalue weighted by atomic mass is 10.1. The smallest absolute Gasteiger partial charge is 0.242 e. The topological polar surface area (TPSA) is 38.3 Å². The van der Waals surface area contributed by atoms with Crippen molar-refractivity contribution in [2.24, 2.45) is 0 Å². The van der Waals surface area contributed by atoms with Crippen LogP contribution in [0.15, 0.2) is 42.5 Å². The number of halogens is 1. The van der Waals surface area contributed by atoms with Gasteiger partial charge in [0, 0.05) is 6.54 Å². The Bertz CT molecular complexity index is 653. The highest BCUT2D eigenvalue weighted by molar-refractivity contribution is 6.30. The van der Waals surface area contributed by atoms with Crippen LogP contribution in [0.2, 0.25) is 0 Å². The number of carbonyl (C=O) groups excluding carboxylic acids is 1. The molecule has 2 aromatic carbocycles. The van der Waals surface area contributed by atoms with E-state index in [0.717, 1.165) is 16.9 Å². The number of alkyl halides is 1. The van der Waals surface area contributed by atoms with Crippen molar-refractivity contribution >= 4 is 17.5 Å². The molecule has 4 heteroatoms. The summed E-state index contributed by atoms with van der Waals surface area (Å²) < 4.78 is 5.09. The molecule has 0 spiro atoms. The summed E-state index contributed by atoms with van der Waals surface area (Å²) in [6.07, 6.45) is 0. The molecular weight excluding hydrogens is 298 g/mol. The summed E-state index contributed by atoms with van der Waals surface area (Å²) >= 11 is 6.22. The number of hydrogen-bond acceptors (Lipinski definition) is 2. The fourth-order valence-corrected chi connectivity index (χ4v) is 2.34. The van der Waals surface area contributed by atoms with Gasteiger partial charge in [-0.3, -0.25) is 4.79 Å². The molecule has 2 rings (SSSR count). The zero-order valence-corrected chi connectivity index (χ0v) is 13.8. The number of aryl methyl sites for hydroxylation is 2. The van der Waals surface area contributed by atoms with Gasteiger partial charge in [-0.25, -0.2) is 0 Å². The van der Waals surface area contributed by atoms with Gasteiger partial charge >= 0.3 is 0 Å². The standard InChI is InChI=1S/C18H20ClNO2/c1-12-4-5-14(10-13(12)2)11-20-18(21)17(19)15-6-8-16(22-3)9-7-15/h4-10,17H,11H2,1-3H3,(H,20,21). The van der Waals surface area contributed by atoms with Crippen molar-refractivity contribution in [1.29, 1.82) is 0 Å². The van der Waals surface area contributed by atoms with Crippen LogP contribution < -0.4 is 10.1 Å². The highest BCUT2D eigenvalue weighted by Gasteiger charge is 2.17. The summed E-state index contributed by atoms with van der Waals surface area (Å²) in [6.45, 7) is 4.60. The van der Waals surface area contributed by atoms with E-state index >= 15 is 0 Å². The molecule has 2 aromatic rings. The third-order valence-corrected chi connectivity index (χ3v) is 4.13. The molecule has 0 radical (unpaired) electrons. The van der Waals surface area contributed by atoms with Crippen LogP contribution in [-0.2, 0) is 11.3 Å². The van der Waals surface area contributed by atoms with E-state index in [4.69, 9.17) is 16.3 Å². The van der Waals surface area contributed by atoms with E-state index in [2.05, 4.69) is 31.3 Å². The minimum absolute atomic E-state index is 0.204. The average Bonchev–Trinajstić information content (AvgIpc) is 2.55. The fraction of sp³-hybridized carbons (Fsp3) is 0.278. The minimum Gasteiger partial charge on any atom is -0.497 e. The van der Waals surface area contributed by atoms with Gasteiger partial charge in [0.05, 0.1) is 7.11 Å². The molecule has 0 aliphatic rings. The molecule has 1 N–H and O–H groups in total. The Morgan fingerprint density at radius 1 is 1.14 bits per heavy atom. The van der Waals surface area contributed by atoms with Gasteiger partial charge in [-0.1, -0.05) is 30.3 Å². The number of methoxy groups -OCH3 is 1. The molecule has 0 heterocycles. The number of amides is 1. The fourth-order valence-electron chi connectivity index (χ4n) is 2.12. The number of carbonyl (C=O) groups is 1. The summed E-state index contributed by atoms with van der Waals surface area (Å²) in [6, 6.07) is 13.3.